The number of phenols is 1. The Morgan fingerprint density at radius 1 is 1.26 bits per heavy atom. The Morgan fingerprint density at radius 2 is 2.13 bits per heavy atom. The Bertz CT molecular complexity index is 900. The Labute approximate surface area is 134 Å². The van der Waals surface area contributed by atoms with Crippen molar-refractivity contribution < 1.29 is 9.84 Å². The van der Waals surface area contributed by atoms with E-state index in [0.717, 1.165) is 11.3 Å². The Morgan fingerprint density at radius 3 is 2.91 bits per heavy atom. The molecule has 0 saturated carbocycles. The van der Waals surface area contributed by atoms with Gasteiger partial charge < -0.3 is 22.1 Å². The van der Waals surface area contributed by atoms with Gasteiger partial charge in [-0.2, -0.15) is 0 Å². The van der Waals surface area contributed by atoms with Crippen LogP contribution in [0.25, 0.3) is 10.9 Å². The molecular formula is C18H14N3O2-. The van der Waals surface area contributed by atoms with Crippen LogP contribution in [-0.2, 0) is 0 Å². The quantitative estimate of drug-likeness (QED) is 0.572. The van der Waals surface area contributed by atoms with E-state index in [9.17, 15) is 5.11 Å². The number of aromatic hydroxyl groups is 1. The first-order chi connectivity index (χ1) is 11.2. The number of aromatic nitrogens is 2. The first-order valence-corrected chi connectivity index (χ1v) is 6.94. The van der Waals surface area contributed by atoms with Gasteiger partial charge in [0.15, 0.2) is 11.5 Å². The number of anilines is 2. The van der Waals surface area contributed by atoms with Crippen LogP contribution in [0.15, 0.2) is 42.7 Å². The third-order valence-electron chi connectivity index (χ3n) is 3.27. The maximum atomic E-state index is 10.0. The molecule has 5 heteroatoms. The molecule has 0 radical (unpaired) electrons. The van der Waals surface area contributed by atoms with Crippen LogP contribution in [0.3, 0.4) is 0 Å². The highest BCUT2D eigenvalue weighted by Gasteiger charge is 2.10. The molecule has 23 heavy (non-hydrogen) atoms. The van der Waals surface area contributed by atoms with E-state index in [1.54, 1.807) is 12.1 Å². The second kappa shape index (κ2) is 6.24. The van der Waals surface area contributed by atoms with Crippen LogP contribution in [-0.4, -0.2) is 21.7 Å². The zero-order chi connectivity index (χ0) is 16.2. The van der Waals surface area contributed by atoms with Crippen molar-refractivity contribution >= 4 is 22.4 Å². The number of fused-ring (bicyclic) bond motifs is 1. The van der Waals surface area contributed by atoms with Gasteiger partial charge in [0.1, 0.15) is 12.1 Å². The van der Waals surface area contributed by atoms with Gasteiger partial charge in [0.25, 0.3) is 0 Å². The zero-order valence-corrected chi connectivity index (χ0v) is 12.3. The van der Waals surface area contributed by atoms with Gasteiger partial charge in [-0.05, 0) is 30.9 Å². The van der Waals surface area contributed by atoms with Crippen LogP contribution in [0.1, 0.15) is 5.56 Å². The van der Waals surface area contributed by atoms with Crippen molar-refractivity contribution in [2.45, 2.75) is 0 Å². The molecule has 114 valence electrons. The minimum Gasteiger partial charge on any atom is -0.522 e. The third-order valence-corrected chi connectivity index (χ3v) is 3.27. The molecule has 0 aliphatic heterocycles. The van der Waals surface area contributed by atoms with Crippen LogP contribution in [0.2, 0.25) is 0 Å². The van der Waals surface area contributed by atoms with Gasteiger partial charge in [0.2, 0.25) is 0 Å². The number of hydrogen-bond donors (Lipinski definition) is 2. The fourth-order valence-corrected chi connectivity index (χ4v) is 2.22. The largest absolute Gasteiger partial charge is 0.522 e. The highest BCUT2D eigenvalue weighted by molar-refractivity contribution is 5.93. The summed E-state index contributed by atoms with van der Waals surface area (Å²) in [6, 6.07) is 10.6. The molecule has 0 aliphatic carbocycles. The topological polar surface area (TPSA) is 67.3 Å². The van der Waals surface area contributed by atoms with E-state index >= 15 is 0 Å². The number of phenolic OH excluding ortho intramolecular Hbond substituents is 1. The predicted octanol–water partition coefficient (Wildman–Crippen LogP) is 3.27. The average molecular weight is 304 g/mol. The van der Waals surface area contributed by atoms with Gasteiger partial charge in [0.05, 0.1) is 5.52 Å². The molecular weight excluding hydrogens is 290 g/mol. The molecule has 2 aromatic carbocycles. The van der Waals surface area contributed by atoms with Crippen molar-refractivity contribution in [3.05, 3.63) is 55.2 Å². The maximum absolute atomic E-state index is 10.0. The molecule has 1 aromatic heterocycles. The highest BCUT2D eigenvalue weighted by atomic mass is 16.5. The maximum Gasteiger partial charge on any atom is 0.159 e. The van der Waals surface area contributed by atoms with Crippen molar-refractivity contribution in [1.29, 1.82) is 0 Å². The van der Waals surface area contributed by atoms with Crippen LogP contribution < -0.4 is 10.1 Å². The fourth-order valence-electron chi connectivity index (χ4n) is 2.22. The lowest BCUT2D eigenvalue weighted by Crippen LogP contribution is -1.98. The number of benzene rings is 2. The molecule has 5 nitrogen and oxygen atoms in total. The first kappa shape index (κ1) is 14.7. The molecule has 0 atom stereocenters. The number of hydrogen-bond acceptors (Lipinski definition) is 5. The predicted molar refractivity (Wildman–Crippen MR) is 89.7 cm³/mol. The van der Waals surface area contributed by atoms with Crippen molar-refractivity contribution in [2.75, 3.05) is 11.9 Å². The third kappa shape index (κ3) is 3.01. The van der Waals surface area contributed by atoms with Gasteiger partial charge in [-0.25, -0.2) is 9.97 Å². The summed E-state index contributed by atoms with van der Waals surface area (Å²) in [5, 5.41) is 13.9. The van der Waals surface area contributed by atoms with E-state index in [-0.39, 0.29) is 12.4 Å². The second-order valence-electron chi connectivity index (χ2n) is 4.76. The average Bonchev–Trinajstić information content (AvgIpc) is 2.57. The normalized spacial score (nSPS) is 10.3. The minimum atomic E-state index is 0.0105. The van der Waals surface area contributed by atoms with E-state index in [1.807, 2.05) is 24.3 Å². The lowest BCUT2D eigenvalue weighted by molar-refractivity contribution is 0.335. The Hall–Kier alpha value is -3.26. The monoisotopic (exact) mass is 304 g/mol. The SMILES string of the molecule is C#Cc1cccc(Nc2ncnc3cc(OC[CH2-])c(O)cc23)c1. The van der Waals surface area contributed by atoms with Crippen molar-refractivity contribution in [2.24, 2.45) is 0 Å². The molecule has 0 unspecified atom stereocenters. The van der Waals surface area contributed by atoms with Crippen molar-refractivity contribution in [3.8, 4) is 23.8 Å². The number of nitrogens with one attached hydrogen (secondary N) is 1. The highest BCUT2D eigenvalue weighted by Crippen LogP contribution is 2.33. The van der Waals surface area contributed by atoms with E-state index in [1.165, 1.54) is 6.33 Å². The van der Waals surface area contributed by atoms with E-state index < -0.39 is 0 Å². The summed E-state index contributed by atoms with van der Waals surface area (Å²) in [6.45, 7) is 3.81. The number of terminal acetylenes is 1. The van der Waals surface area contributed by atoms with E-state index in [4.69, 9.17) is 11.2 Å². The number of rotatable bonds is 4. The summed E-state index contributed by atoms with van der Waals surface area (Å²) in [4.78, 5) is 8.44. The molecule has 2 N–H and O–H groups in total. The second-order valence-corrected chi connectivity index (χ2v) is 4.76. The number of ether oxygens (including phenoxy) is 1. The zero-order valence-electron chi connectivity index (χ0n) is 12.3. The van der Waals surface area contributed by atoms with Gasteiger partial charge in [-0.3, -0.25) is 0 Å². The van der Waals surface area contributed by atoms with Gasteiger partial charge in [-0.1, -0.05) is 12.0 Å². The molecule has 3 aromatic rings. The molecule has 0 fully saturated rings. The van der Waals surface area contributed by atoms with E-state index in [0.29, 0.717) is 22.5 Å². The summed E-state index contributed by atoms with van der Waals surface area (Å²) in [5.41, 5.74) is 2.22. The first-order valence-electron chi connectivity index (χ1n) is 6.94. The Balaban J connectivity index is 2.04. The van der Waals surface area contributed by atoms with Crippen molar-refractivity contribution in [3.63, 3.8) is 0 Å². The van der Waals surface area contributed by atoms with Crippen LogP contribution in [0.4, 0.5) is 11.5 Å². The summed E-state index contributed by atoms with van der Waals surface area (Å²) < 4.78 is 5.27. The van der Waals surface area contributed by atoms with Gasteiger partial charge in [0, 0.05) is 22.7 Å². The lowest BCUT2D eigenvalue weighted by Gasteiger charge is -2.12. The summed E-state index contributed by atoms with van der Waals surface area (Å²) in [6.07, 6.45) is 6.86. The number of nitrogens with zero attached hydrogens (tertiary/aromatic N) is 2. The van der Waals surface area contributed by atoms with Gasteiger partial charge >= 0.3 is 0 Å². The molecule has 0 saturated heterocycles. The summed E-state index contributed by atoms with van der Waals surface area (Å²) >= 11 is 0. The minimum absolute atomic E-state index is 0.0105. The molecule has 0 aliphatic rings. The summed E-state index contributed by atoms with van der Waals surface area (Å²) in [5.74, 6) is 3.51. The standard InChI is InChI=1S/C18H14N3O2/c1-3-12-6-5-7-13(8-12)21-18-14-9-16(22)17(23-4-2)10-15(14)19-11-20-18/h1,5-11,22H,2,4H2,(H,19,20,21)/q-1. The smallest absolute Gasteiger partial charge is 0.159 e. The molecule has 1 heterocycles. The molecule has 0 bridgehead atoms. The van der Waals surface area contributed by atoms with Crippen LogP contribution in [0, 0.1) is 19.3 Å². The van der Waals surface area contributed by atoms with E-state index in [2.05, 4.69) is 28.1 Å². The fraction of sp³-hybridized carbons (Fsp3) is 0.0556. The molecule has 3 rings (SSSR count). The molecule has 0 amide bonds. The summed E-state index contributed by atoms with van der Waals surface area (Å²) in [7, 11) is 0. The van der Waals surface area contributed by atoms with Crippen LogP contribution >= 0.6 is 0 Å². The lowest BCUT2D eigenvalue weighted by atomic mass is 10.2. The molecule has 0 spiro atoms. The van der Waals surface area contributed by atoms with Crippen LogP contribution in [0.5, 0.6) is 11.5 Å². The van der Waals surface area contributed by atoms with Gasteiger partial charge in [-0.15, -0.1) is 6.42 Å². The Kier molecular flexibility index (Phi) is 3.98. The van der Waals surface area contributed by atoms with Crippen molar-refractivity contribution in [1.82, 2.24) is 9.97 Å².